The third-order valence-corrected chi connectivity index (χ3v) is 4.84. The highest BCUT2D eigenvalue weighted by Gasteiger charge is 2.41. The molecule has 0 saturated heterocycles. The van der Waals surface area contributed by atoms with Crippen LogP contribution in [0.4, 0.5) is 5.69 Å². The molecule has 2 rings (SSSR count). The maximum absolute atomic E-state index is 12.1. The number of ether oxygens (including phenoxy) is 1. The first-order chi connectivity index (χ1) is 8.51. The summed E-state index contributed by atoms with van der Waals surface area (Å²) in [5.74, 6) is -0.572. The number of sulfonamides is 1. The summed E-state index contributed by atoms with van der Waals surface area (Å²) < 4.78 is 30.1. The van der Waals surface area contributed by atoms with Crippen molar-refractivity contribution < 1.29 is 17.9 Å². The molecular formula is C12H15NO4S. The zero-order chi connectivity index (χ0) is 13.3. The predicted octanol–water partition coefficient (Wildman–Crippen LogP) is 0.940. The molecule has 98 valence electrons. The van der Waals surface area contributed by atoms with E-state index in [1.807, 2.05) is 12.1 Å². The van der Waals surface area contributed by atoms with E-state index >= 15 is 0 Å². The minimum absolute atomic E-state index is 0.0468. The van der Waals surface area contributed by atoms with E-state index in [0.717, 1.165) is 5.56 Å². The van der Waals surface area contributed by atoms with Crippen molar-refractivity contribution in [2.75, 3.05) is 17.2 Å². The monoisotopic (exact) mass is 269 g/mol. The van der Waals surface area contributed by atoms with Gasteiger partial charge in [0.2, 0.25) is 10.0 Å². The lowest BCUT2D eigenvalue weighted by Gasteiger charge is -2.24. The van der Waals surface area contributed by atoms with E-state index < -0.39 is 22.0 Å². The van der Waals surface area contributed by atoms with Gasteiger partial charge in [0.25, 0.3) is 0 Å². The number of para-hydroxylation sites is 1. The molecule has 0 fully saturated rings. The Hall–Kier alpha value is -1.56. The number of anilines is 1. The normalized spacial score (nSPS) is 18.6. The highest BCUT2D eigenvalue weighted by molar-refractivity contribution is 7.92. The number of benzene rings is 1. The Morgan fingerprint density at radius 2 is 2.11 bits per heavy atom. The number of esters is 1. The van der Waals surface area contributed by atoms with E-state index in [0.29, 0.717) is 12.1 Å². The summed E-state index contributed by atoms with van der Waals surface area (Å²) in [5, 5.41) is 0. The van der Waals surface area contributed by atoms with Crippen molar-refractivity contribution >= 4 is 21.7 Å². The fourth-order valence-corrected chi connectivity index (χ4v) is 3.46. The van der Waals surface area contributed by atoms with Crippen LogP contribution in [0.5, 0.6) is 0 Å². The van der Waals surface area contributed by atoms with Gasteiger partial charge in [-0.25, -0.2) is 13.2 Å². The maximum atomic E-state index is 12.1. The topological polar surface area (TPSA) is 63.7 Å². The number of carbonyl (C=O) groups excluding carboxylic acids is 1. The van der Waals surface area contributed by atoms with Gasteiger partial charge in [-0.1, -0.05) is 18.2 Å². The van der Waals surface area contributed by atoms with Crippen LogP contribution in [0, 0.1) is 0 Å². The molecule has 18 heavy (non-hydrogen) atoms. The number of hydrogen-bond donors (Lipinski definition) is 0. The summed E-state index contributed by atoms with van der Waals surface area (Å²) in [6, 6.07) is 6.35. The molecule has 1 aliphatic rings. The third kappa shape index (κ3) is 1.96. The van der Waals surface area contributed by atoms with E-state index in [2.05, 4.69) is 0 Å². The molecule has 0 radical (unpaired) electrons. The summed E-state index contributed by atoms with van der Waals surface area (Å²) in [5.41, 5.74) is 1.43. The first kappa shape index (κ1) is 12.9. The van der Waals surface area contributed by atoms with Crippen molar-refractivity contribution in [2.45, 2.75) is 19.4 Å². The molecule has 0 amide bonds. The number of carbonyl (C=O) groups is 1. The van der Waals surface area contributed by atoms with Crippen LogP contribution in [0.2, 0.25) is 0 Å². The zero-order valence-corrected chi connectivity index (χ0v) is 11.1. The van der Waals surface area contributed by atoms with Gasteiger partial charge in [-0.2, -0.15) is 0 Å². The minimum Gasteiger partial charge on any atom is -0.467 e. The maximum Gasteiger partial charge on any atom is 0.330 e. The van der Waals surface area contributed by atoms with Crippen molar-refractivity contribution in [3.63, 3.8) is 0 Å². The van der Waals surface area contributed by atoms with E-state index in [9.17, 15) is 13.2 Å². The van der Waals surface area contributed by atoms with Gasteiger partial charge >= 0.3 is 5.97 Å². The SMILES string of the molecule is CCS(=O)(=O)N1c2ccccc2CC1C(=O)OC. The zero-order valence-electron chi connectivity index (χ0n) is 10.3. The Labute approximate surface area is 106 Å². The summed E-state index contributed by atoms with van der Waals surface area (Å²) in [6.45, 7) is 1.56. The number of fused-ring (bicyclic) bond motifs is 1. The Morgan fingerprint density at radius 1 is 1.44 bits per heavy atom. The molecule has 1 unspecified atom stereocenters. The van der Waals surface area contributed by atoms with Crippen LogP contribution in [0.15, 0.2) is 24.3 Å². The quantitative estimate of drug-likeness (QED) is 0.766. The molecule has 6 heteroatoms. The first-order valence-corrected chi connectivity index (χ1v) is 7.30. The molecular weight excluding hydrogens is 254 g/mol. The summed E-state index contributed by atoms with van der Waals surface area (Å²) >= 11 is 0. The summed E-state index contributed by atoms with van der Waals surface area (Å²) in [4.78, 5) is 11.7. The van der Waals surface area contributed by atoms with Gasteiger partial charge in [0.05, 0.1) is 18.6 Å². The number of rotatable bonds is 3. The van der Waals surface area contributed by atoms with E-state index in [1.54, 1.807) is 19.1 Å². The van der Waals surface area contributed by atoms with E-state index in [-0.39, 0.29) is 5.75 Å². The molecule has 0 spiro atoms. The molecule has 0 aliphatic carbocycles. The lowest BCUT2D eigenvalue weighted by molar-refractivity contribution is -0.141. The average Bonchev–Trinajstić information content (AvgIpc) is 2.77. The highest BCUT2D eigenvalue weighted by atomic mass is 32.2. The van der Waals surface area contributed by atoms with Gasteiger partial charge in [-0.05, 0) is 18.6 Å². The van der Waals surface area contributed by atoms with Crippen LogP contribution in [-0.4, -0.2) is 33.3 Å². The van der Waals surface area contributed by atoms with Crippen molar-refractivity contribution in [2.24, 2.45) is 0 Å². The van der Waals surface area contributed by atoms with Gasteiger partial charge in [-0.15, -0.1) is 0 Å². The lowest BCUT2D eigenvalue weighted by Crippen LogP contribution is -2.44. The fraction of sp³-hybridized carbons (Fsp3) is 0.417. The number of hydrogen-bond acceptors (Lipinski definition) is 4. The second-order valence-corrected chi connectivity index (χ2v) is 6.20. The molecule has 1 atom stereocenters. The van der Waals surface area contributed by atoms with Crippen molar-refractivity contribution in [1.29, 1.82) is 0 Å². The van der Waals surface area contributed by atoms with Gasteiger partial charge in [0.15, 0.2) is 0 Å². The van der Waals surface area contributed by atoms with Gasteiger partial charge < -0.3 is 4.74 Å². The molecule has 1 aliphatic heterocycles. The average molecular weight is 269 g/mol. The Morgan fingerprint density at radius 3 is 2.72 bits per heavy atom. The van der Waals surface area contributed by atoms with Crippen molar-refractivity contribution in [1.82, 2.24) is 0 Å². The molecule has 5 nitrogen and oxygen atoms in total. The Balaban J connectivity index is 2.52. The lowest BCUT2D eigenvalue weighted by atomic mass is 10.1. The molecule has 1 aromatic rings. The smallest absolute Gasteiger partial charge is 0.330 e. The molecule has 0 saturated carbocycles. The molecule has 1 aromatic carbocycles. The molecule has 0 N–H and O–H groups in total. The van der Waals surface area contributed by atoms with E-state index in [4.69, 9.17) is 4.74 Å². The van der Waals surface area contributed by atoms with Crippen LogP contribution >= 0.6 is 0 Å². The third-order valence-electron chi connectivity index (χ3n) is 3.06. The van der Waals surface area contributed by atoms with E-state index in [1.165, 1.54) is 11.4 Å². The molecule has 0 aromatic heterocycles. The van der Waals surface area contributed by atoms with Crippen molar-refractivity contribution in [3.05, 3.63) is 29.8 Å². The predicted molar refractivity (Wildman–Crippen MR) is 67.9 cm³/mol. The minimum atomic E-state index is -3.48. The second kappa shape index (κ2) is 4.61. The number of methoxy groups -OCH3 is 1. The van der Waals surface area contributed by atoms with Crippen LogP contribution in [0.3, 0.4) is 0 Å². The fourth-order valence-electron chi connectivity index (χ4n) is 2.16. The van der Waals surface area contributed by atoms with Crippen LogP contribution < -0.4 is 4.31 Å². The summed E-state index contributed by atoms with van der Waals surface area (Å²) in [7, 11) is -2.22. The standard InChI is InChI=1S/C12H15NO4S/c1-3-18(15,16)13-10-7-5-4-6-9(10)8-11(13)12(14)17-2/h4-7,11H,3,8H2,1-2H3. The highest BCUT2D eigenvalue weighted by Crippen LogP contribution is 2.34. The van der Waals surface area contributed by atoms with Crippen molar-refractivity contribution in [3.8, 4) is 0 Å². The van der Waals surface area contributed by atoms with Gasteiger partial charge in [-0.3, -0.25) is 4.31 Å². The largest absolute Gasteiger partial charge is 0.467 e. The van der Waals surface area contributed by atoms with Gasteiger partial charge in [0.1, 0.15) is 6.04 Å². The Kier molecular flexibility index (Phi) is 3.30. The second-order valence-electron chi connectivity index (χ2n) is 4.07. The summed E-state index contributed by atoms with van der Waals surface area (Å²) in [6.07, 6.45) is 0.363. The number of nitrogens with zero attached hydrogens (tertiary/aromatic N) is 1. The van der Waals surface area contributed by atoms with Crippen LogP contribution in [-0.2, 0) is 26.0 Å². The molecule has 1 heterocycles. The van der Waals surface area contributed by atoms with Gasteiger partial charge in [0, 0.05) is 6.42 Å². The van der Waals surface area contributed by atoms with Crippen LogP contribution in [0.25, 0.3) is 0 Å². The first-order valence-electron chi connectivity index (χ1n) is 5.69. The Bertz CT molecular complexity index is 567. The molecule has 0 bridgehead atoms. The van der Waals surface area contributed by atoms with Crippen LogP contribution in [0.1, 0.15) is 12.5 Å².